The summed E-state index contributed by atoms with van der Waals surface area (Å²) in [4.78, 5) is 26.4. The zero-order valence-electron chi connectivity index (χ0n) is 14.5. The smallest absolute Gasteiger partial charge is 0.344 e. The van der Waals surface area contributed by atoms with Gasteiger partial charge >= 0.3 is 5.97 Å². The van der Waals surface area contributed by atoms with Gasteiger partial charge in [0, 0.05) is 23.1 Å². The molecule has 0 unspecified atom stereocenters. The fraction of sp³-hybridized carbons (Fsp3) is 0.158. The molecule has 0 saturated heterocycles. The number of benzene rings is 2. The minimum atomic E-state index is -0.543. The molecule has 7 nitrogen and oxygen atoms in total. The molecule has 2 aromatic carbocycles. The lowest BCUT2D eigenvalue weighted by Gasteiger charge is -2.06. The van der Waals surface area contributed by atoms with Gasteiger partial charge in [-0.25, -0.2) is 9.78 Å². The van der Waals surface area contributed by atoms with E-state index in [9.17, 15) is 14.9 Å². The van der Waals surface area contributed by atoms with Gasteiger partial charge in [-0.15, -0.1) is 11.3 Å². The number of thiazole rings is 1. The maximum atomic E-state index is 11.8. The highest BCUT2D eigenvalue weighted by Crippen LogP contribution is 2.24. The molecule has 0 N–H and O–H groups in total. The highest BCUT2D eigenvalue weighted by molar-refractivity contribution is 7.13. The fourth-order valence-electron chi connectivity index (χ4n) is 2.20. The van der Waals surface area contributed by atoms with Gasteiger partial charge in [0.05, 0.1) is 10.6 Å². The van der Waals surface area contributed by atoms with E-state index in [0.29, 0.717) is 11.4 Å². The number of esters is 1. The lowest BCUT2D eigenvalue weighted by molar-refractivity contribution is -0.384. The van der Waals surface area contributed by atoms with Gasteiger partial charge in [0.15, 0.2) is 6.61 Å². The number of ether oxygens (including phenoxy) is 2. The van der Waals surface area contributed by atoms with Crippen LogP contribution in [0.3, 0.4) is 0 Å². The molecule has 0 fully saturated rings. The summed E-state index contributed by atoms with van der Waals surface area (Å²) >= 11 is 1.49. The van der Waals surface area contributed by atoms with Crippen LogP contribution in [0.4, 0.5) is 5.69 Å². The molecule has 0 radical (unpaired) electrons. The van der Waals surface area contributed by atoms with Crippen LogP contribution in [0.15, 0.2) is 53.9 Å². The molecule has 8 heteroatoms. The van der Waals surface area contributed by atoms with Crippen molar-refractivity contribution in [1.82, 2.24) is 4.98 Å². The molecule has 0 aliphatic heterocycles. The molecule has 0 aliphatic carbocycles. The third-order valence-electron chi connectivity index (χ3n) is 3.64. The van der Waals surface area contributed by atoms with E-state index in [0.717, 1.165) is 10.6 Å². The molecule has 0 bridgehead atoms. The molecule has 0 saturated carbocycles. The second-order valence-electron chi connectivity index (χ2n) is 5.71. The summed E-state index contributed by atoms with van der Waals surface area (Å²) in [5.41, 5.74) is 2.82. The van der Waals surface area contributed by atoms with Gasteiger partial charge in [-0.05, 0) is 19.1 Å². The van der Waals surface area contributed by atoms with Crippen molar-refractivity contribution in [3.8, 4) is 16.3 Å². The van der Waals surface area contributed by atoms with E-state index in [1.807, 2.05) is 36.6 Å². The molecule has 0 spiro atoms. The maximum absolute atomic E-state index is 11.8. The monoisotopic (exact) mass is 384 g/mol. The second kappa shape index (κ2) is 8.41. The first kappa shape index (κ1) is 18.5. The van der Waals surface area contributed by atoms with E-state index in [1.165, 1.54) is 41.2 Å². The lowest BCUT2D eigenvalue weighted by atomic mass is 10.2. The molecule has 0 aliphatic rings. The first-order valence-electron chi connectivity index (χ1n) is 8.05. The van der Waals surface area contributed by atoms with Crippen LogP contribution in [0, 0.1) is 17.0 Å². The number of hydrogen-bond donors (Lipinski definition) is 0. The third kappa shape index (κ3) is 5.11. The van der Waals surface area contributed by atoms with Crippen molar-refractivity contribution in [2.45, 2.75) is 13.5 Å². The molecule has 27 heavy (non-hydrogen) atoms. The zero-order valence-corrected chi connectivity index (χ0v) is 15.3. The largest absolute Gasteiger partial charge is 0.482 e. The minimum absolute atomic E-state index is 0.0437. The maximum Gasteiger partial charge on any atom is 0.344 e. The van der Waals surface area contributed by atoms with E-state index in [4.69, 9.17) is 9.47 Å². The van der Waals surface area contributed by atoms with E-state index < -0.39 is 10.9 Å². The van der Waals surface area contributed by atoms with Crippen LogP contribution in [0.25, 0.3) is 10.6 Å². The highest BCUT2D eigenvalue weighted by Gasteiger charge is 2.10. The highest BCUT2D eigenvalue weighted by atomic mass is 32.1. The summed E-state index contributed by atoms with van der Waals surface area (Å²) in [5.74, 6) is -0.189. The van der Waals surface area contributed by atoms with Crippen molar-refractivity contribution in [1.29, 1.82) is 0 Å². The van der Waals surface area contributed by atoms with Crippen molar-refractivity contribution < 1.29 is 19.2 Å². The predicted molar refractivity (Wildman–Crippen MR) is 101 cm³/mol. The Morgan fingerprint density at radius 1 is 1.15 bits per heavy atom. The molecule has 0 amide bonds. The van der Waals surface area contributed by atoms with Crippen LogP contribution in [0.1, 0.15) is 11.3 Å². The summed E-state index contributed by atoms with van der Waals surface area (Å²) in [7, 11) is 0. The van der Waals surface area contributed by atoms with Crippen LogP contribution < -0.4 is 4.74 Å². The quantitative estimate of drug-likeness (QED) is 0.345. The number of carbonyl (C=O) groups excluding carboxylic acids is 1. The molecular weight excluding hydrogens is 368 g/mol. The van der Waals surface area contributed by atoms with Crippen LogP contribution in [-0.2, 0) is 16.1 Å². The summed E-state index contributed by atoms with van der Waals surface area (Å²) in [6.07, 6.45) is 0. The minimum Gasteiger partial charge on any atom is -0.482 e. The number of aromatic nitrogens is 1. The first-order chi connectivity index (χ1) is 13.0. The predicted octanol–water partition coefficient (Wildman–Crippen LogP) is 4.15. The Hall–Kier alpha value is -3.26. The summed E-state index contributed by atoms with van der Waals surface area (Å²) in [6.45, 7) is 1.80. The SMILES string of the molecule is Cc1ccc(-c2nc(COC(=O)COc3ccc([N+](=O)[O-])cc3)cs2)cc1. The fourth-order valence-corrected chi connectivity index (χ4v) is 3.01. The Labute approximate surface area is 159 Å². The number of hydrogen-bond acceptors (Lipinski definition) is 7. The third-order valence-corrected chi connectivity index (χ3v) is 4.58. The topological polar surface area (TPSA) is 91.6 Å². The molecule has 1 aromatic heterocycles. The van der Waals surface area contributed by atoms with Gasteiger partial charge in [-0.1, -0.05) is 29.8 Å². The van der Waals surface area contributed by atoms with E-state index in [2.05, 4.69) is 4.98 Å². The number of non-ortho nitro benzene ring substituents is 1. The average molecular weight is 384 g/mol. The summed E-state index contributed by atoms with van der Waals surface area (Å²) in [6, 6.07) is 13.5. The Morgan fingerprint density at radius 2 is 1.85 bits per heavy atom. The van der Waals surface area contributed by atoms with Crippen LogP contribution >= 0.6 is 11.3 Å². The van der Waals surface area contributed by atoms with Crippen LogP contribution in [0.2, 0.25) is 0 Å². The van der Waals surface area contributed by atoms with Gasteiger partial charge in [-0.2, -0.15) is 0 Å². The average Bonchev–Trinajstić information content (AvgIpc) is 3.14. The summed E-state index contributed by atoms with van der Waals surface area (Å²) in [5, 5.41) is 13.3. The number of nitro benzene ring substituents is 1. The normalized spacial score (nSPS) is 10.4. The molecule has 1 heterocycles. The van der Waals surface area contributed by atoms with Crippen molar-refractivity contribution >= 4 is 23.0 Å². The summed E-state index contributed by atoms with van der Waals surface area (Å²) < 4.78 is 10.4. The number of rotatable bonds is 7. The van der Waals surface area contributed by atoms with Crippen molar-refractivity contribution in [3.05, 3.63) is 75.3 Å². The standard InChI is InChI=1S/C19H16N2O5S/c1-13-2-4-14(5-3-13)19-20-15(12-27-19)10-26-18(22)11-25-17-8-6-16(7-9-17)21(23)24/h2-9,12H,10-11H2,1H3. The molecule has 0 atom stereocenters. The molecule has 3 rings (SSSR count). The van der Waals surface area contributed by atoms with Crippen molar-refractivity contribution in [2.75, 3.05) is 6.61 Å². The van der Waals surface area contributed by atoms with E-state index >= 15 is 0 Å². The number of nitro groups is 1. The first-order valence-corrected chi connectivity index (χ1v) is 8.93. The van der Waals surface area contributed by atoms with Crippen molar-refractivity contribution in [2.24, 2.45) is 0 Å². The Kier molecular flexibility index (Phi) is 5.77. The number of carbonyl (C=O) groups is 1. The molecular formula is C19H16N2O5S. The Balaban J connectivity index is 1.48. The van der Waals surface area contributed by atoms with E-state index in [-0.39, 0.29) is 18.9 Å². The lowest BCUT2D eigenvalue weighted by Crippen LogP contribution is -2.14. The van der Waals surface area contributed by atoms with Gasteiger partial charge in [0.1, 0.15) is 17.4 Å². The van der Waals surface area contributed by atoms with E-state index in [1.54, 1.807) is 0 Å². The Morgan fingerprint density at radius 3 is 2.52 bits per heavy atom. The van der Waals surface area contributed by atoms with Gasteiger partial charge in [0.25, 0.3) is 5.69 Å². The number of nitrogens with zero attached hydrogens (tertiary/aromatic N) is 2. The van der Waals surface area contributed by atoms with Crippen LogP contribution in [0.5, 0.6) is 5.75 Å². The Bertz CT molecular complexity index is 935. The zero-order chi connectivity index (χ0) is 19.2. The van der Waals surface area contributed by atoms with Gasteiger partial charge in [-0.3, -0.25) is 10.1 Å². The molecule has 138 valence electrons. The van der Waals surface area contributed by atoms with Gasteiger partial charge < -0.3 is 9.47 Å². The van der Waals surface area contributed by atoms with Crippen LogP contribution in [-0.4, -0.2) is 22.5 Å². The number of aryl methyl sites for hydroxylation is 1. The molecule has 3 aromatic rings. The van der Waals surface area contributed by atoms with Crippen molar-refractivity contribution in [3.63, 3.8) is 0 Å². The second-order valence-corrected chi connectivity index (χ2v) is 6.57. The van der Waals surface area contributed by atoms with Gasteiger partial charge in [0.2, 0.25) is 0 Å².